The number of pyridine rings is 3. The van der Waals surface area contributed by atoms with Gasteiger partial charge in [-0.25, -0.2) is 4.98 Å². The third kappa shape index (κ3) is 4.61. The molecule has 0 aliphatic heterocycles. The molecule has 0 radical (unpaired) electrons. The van der Waals surface area contributed by atoms with Gasteiger partial charge >= 0.3 is 0 Å². The number of hydrogen-bond donors (Lipinski definition) is 2. The summed E-state index contributed by atoms with van der Waals surface area (Å²) in [5.74, 6) is 0.512. The quantitative estimate of drug-likeness (QED) is 0.334. The molecule has 0 atom stereocenters. The number of phenolic OH excluding ortho intramolecular Hbond substituents is 1. The first kappa shape index (κ1) is 24.1. The number of carbonyl (C=O) groups excluding carboxylic acids is 2. The van der Waals surface area contributed by atoms with Crippen molar-refractivity contribution in [3.05, 3.63) is 112 Å². The Labute approximate surface area is 222 Å². The van der Waals surface area contributed by atoms with E-state index in [0.29, 0.717) is 58.6 Å². The summed E-state index contributed by atoms with van der Waals surface area (Å²) in [7, 11) is 0. The molecule has 0 unspecified atom stereocenters. The molecular weight excluding hydrogens is 496 g/mol. The minimum atomic E-state index is -0.660. The van der Waals surface area contributed by atoms with Gasteiger partial charge in [0.25, 0.3) is 11.5 Å². The molecule has 2 aromatic carbocycles. The lowest BCUT2D eigenvalue weighted by Gasteiger charge is -2.21. The number of aromatic nitrogens is 3. The van der Waals surface area contributed by atoms with E-state index in [4.69, 9.17) is 4.74 Å². The molecule has 1 aliphatic rings. The Morgan fingerprint density at radius 1 is 0.949 bits per heavy atom. The van der Waals surface area contributed by atoms with Crippen molar-refractivity contribution < 1.29 is 19.4 Å². The van der Waals surface area contributed by atoms with Crippen LogP contribution < -0.4 is 15.6 Å². The van der Waals surface area contributed by atoms with Crippen LogP contribution in [0, 0.1) is 0 Å². The van der Waals surface area contributed by atoms with Gasteiger partial charge in [0.15, 0.2) is 5.78 Å². The highest BCUT2D eigenvalue weighted by Gasteiger charge is 2.26. The molecule has 6 rings (SSSR count). The number of fused-ring (bicyclic) bond motifs is 2. The molecule has 9 nitrogen and oxygen atoms in total. The van der Waals surface area contributed by atoms with Crippen LogP contribution in [0.5, 0.6) is 17.2 Å². The fraction of sp³-hybridized carbons (Fsp3) is 0.100. The SMILES string of the molecule is O=C1CCCc2c1cc(C(=O)Nc1ccc(Oc3ccnc4cc(O)ccc34)cn1)c(=O)n2-c1ccccc1. The summed E-state index contributed by atoms with van der Waals surface area (Å²) in [5, 5.41) is 13.1. The number of ketones is 1. The number of benzene rings is 2. The van der Waals surface area contributed by atoms with Gasteiger partial charge in [0.2, 0.25) is 0 Å². The van der Waals surface area contributed by atoms with Crippen molar-refractivity contribution in [2.24, 2.45) is 0 Å². The van der Waals surface area contributed by atoms with E-state index in [1.165, 1.54) is 16.8 Å². The maximum atomic E-state index is 13.5. The summed E-state index contributed by atoms with van der Waals surface area (Å²) in [5.41, 5.74) is 1.56. The molecule has 3 aromatic heterocycles. The number of para-hydroxylation sites is 1. The summed E-state index contributed by atoms with van der Waals surface area (Å²) in [6, 6.07) is 20.1. The Bertz CT molecular complexity index is 1800. The van der Waals surface area contributed by atoms with Crippen LogP contribution >= 0.6 is 0 Å². The number of amides is 1. The zero-order valence-electron chi connectivity index (χ0n) is 20.6. The van der Waals surface area contributed by atoms with Gasteiger partial charge in [0.1, 0.15) is 28.6 Å². The van der Waals surface area contributed by atoms with E-state index in [0.717, 1.165) is 0 Å². The average molecular weight is 519 g/mol. The molecule has 3 heterocycles. The van der Waals surface area contributed by atoms with Crippen molar-refractivity contribution in [1.29, 1.82) is 0 Å². The molecule has 1 aliphatic carbocycles. The van der Waals surface area contributed by atoms with E-state index >= 15 is 0 Å². The number of anilines is 1. The number of nitrogens with one attached hydrogen (secondary N) is 1. The highest BCUT2D eigenvalue weighted by atomic mass is 16.5. The predicted molar refractivity (Wildman–Crippen MR) is 145 cm³/mol. The topological polar surface area (TPSA) is 123 Å². The highest BCUT2D eigenvalue weighted by Crippen LogP contribution is 2.30. The van der Waals surface area contributed by atoms with Crippen LogP contribution in [-0.4, -0.2) is 31.3 Å². The van der Waals surface area contributed by atoms with Crippen LogP contribution in [0.3, 0.4) is 0 Å². The Balaban J connectivity index is 1.28. The van der Waals surface area contributed by atoms with E-state index in [1.54, 1.807) is 66.9 Å². The van der Waals surface area contributed by atoms with Gasteiger partial charge in [-0.3, -0.25) is 23.9 Å². The Hall–Kier alpha value is -5.31. The van der Waals surface area contributed by atoms with Gasteiger partial charge in [-0.05, 0) is 61.4 Å². The molecule has 2 N–H and O–H groups in total. The van der Waals surface area contributed by atoms with Crippen molar-refractivity contribution in [3.8, 4) is 22.9 Å². The average Bonchev–Trinajstić information content (AvgIpc) is 2.94. The Morgan fingerprint density at radius 3 is 2.59 bits per heavy atom. The molecule has 0 spiro atoms. The standard InChI is InChI=1S/C30H22N4O5/c35-19-9-11-21-24(15-19)31-14-13-27(21)39-20-10-12-28(32-17-20)33-29(37)23-16-22-25(7-4-8-26(22)36)34(30(23)38)18-5-2-1-3-6-18/h1-3,5-6,9-17,35H,4,7-8H2,(H,32,33,37). The molecule has 0 bridgehead atoms. The minimum absolute atomic E-state index is 0.0894. The van der Waals surface area contributed by atoms with Gasteiger partial charge in [-0.1, -0.05) is 18.2 Å². The number of phenols is 1. The van der Waals surface area contributed by atoms with Crippen LogP contribution in [0.2, 0.25) is 0 Å². The fourth-order valence-corrected chi connectivity index (χ4v) is 4.73. The summed E-state index contributed by atoms with van der Waals surface area (Å²) >= 11 is 0. The summed E-state index contributed by atoms with van der Waals surface area (Å²) in [6.07, 6.45) is 4.62. The van der Waals surface area contributed by atoms with Crippen molar-refractivity contribution in [2.75, 3.05) is 5.32 Å². The Morgan fingerprint density at radius 2 is 1.79 bits per heavy atom. The largest absolute Gasteiger partial charge is 0.508 e. The van der Waals surface area contributed by atoms with Crippen LogP contribution in [0.1, 0.15) is 39.3 Å². The second kappa shape index (κ2) is 9.86. The highest BCUT2D eigenvalue weighted by molar-refractivity contribution is 6.06. The smallest absolute Gasteiger partial charge is 0.268 e. The second-order valence-electron chi connectivity index (χ2n) is 9.12. The fourth-order valence-electron chi connectivity index (χ4n) is 4.73. The van der Waals surface area contributed by atoms with Gasteiger partial charge in [0, 0.05) is 41.0 Å². The van der Waals surface area contributed by atoms with E-state index in [9.17, 15) is 19.5 Å². The monoisotopic (exact) mass is 518 g/mol. The number of hydrogen-bond acceptors (Lipinski definition) is 7. The molecule has 0 saturated carbocycles. The Kier molecular flexibility index (Phi) is 6.08. The van der Waals surface area contributed by atoms with Crippen LogP contribution in [0.25, 0.3) is 16.6 Å². The maximum absolute atomic E-state index is 13.5. The van der Waals surface area contributed by atoms with Crippen molar-refractivity contribution >= 4 is 28.4 Å². The van der Waals surface area contributed by atoms with E-state index in [1.807, 2.05) is 6.07 Å². The summed E-state index contributed by atoms with van der Waals surface area (Å²) in [6.45, 7) is 0. The third-order valence-corrected chi connectivity index (χ3v) is 6.57. The molecule has 5 aromatic rings. The van der Waals surface area contributed by atoms with Crippen LogP contribution in [0.15, 0.2) is 90.0 Å². The number of carbonyl (C=O) groups is 2. The first-order valence-corrected chi connectivity index (χ1v) is 12.4. The first-order chi connectivity index (χ1) is 19.0. The van der Waals surface area contributed by atoms with E-state index in [2.05, 4.69) is 15.3 Å². The number of ether oxygens (including phenoxy) is 1. The van der Waals surface area contributed by atoms with Gasteiger partial charge in [-0.15, -0.1) is 0 Å². The zero-order valence-corrected chi connectivity index (χ0v) is 20.6. The number of nitrogens with zero attached hydrogens (tertiary/aromatic N) is 3. The van der Waals surface area contributed by atoms with Gasteiger partial charge < -0.3 is 15.2 Å². The first-order valence-electron chi connectivity index (χ1n) is 12.4. The number of rotatable bonds is 5. The second-order valence-corrected chi connectivity index (χ2v) is 9.12. The molecule has 192 valence electrons. The molecule has 1 amide bonds. The van der Waals surface area contributed by atoms with Crippen molar-refractivity contribution in [2.45, 2.75) is 19.3 Å². The molecule has 9 heteroatoms. The molecule has 0 saturated heterocycles. The molecule has 39 heavy (non-hydrogen) atoms. The molecule has 0 fully saturated rings. The van der Waals surface area contributed by atoms with Gasteiger partial charge in [0.05, 0.1) is 11.7 Å². The number of aromatic hydroxyl groups is 1. The normalized spacial score (nSPS) is 12.7. The van der Waals surface area contributed by atoms with Crippen molar-refractivity contribution in [3.63, 3.8) is 0 Å². The zero-order chi connectivity index (χ0) is 26.9. The lowest BCUT2D eigenvalue weighted by atomic mass is 9.92. The maximum Gasteiger partial charge on any atom is 0.268 e. The number of Topliss-reactive ketones (excluding diaryl/α,β-unsaturated/α-hetero) is 1. The molecular formula is C30H22N4O5. The predicted octanol–water partition coefficient (Wildman–Crippen LogP) is 5.05. The summed E-state index contributed by atoms with van der Waals surface area (Å²) < 4.78 is 7.41. The van der Waals surface area contributed by atoms with Crippen LogP contribution in [-0.2, 0) is 6.42 Å². The third-order valence-electron chi connectivity index (χ3n) is 6.57. The lowest BCUT2D eigenvalue weighted by Crippen LogP contribution is -2.33. The van der Waals surface area contributed by atoms with Gasteiger partial charge in [-0.2, -0.15) is 0 Å². The van der Waals surface area contributed by atoms with E-state index < -0.39 is 11.5 Å². The summed E-state index contributed by atoms with van der Waals surface area (Å²) in [4.78, 5) is 47.9. The van der Waals surface area contributed by atoms with Crippen LogP contribution in [0.4, 0.5) is 5.82 Å². The minimum Gasteiger partial charge on any atom is -0.508 e. The van der Waals surface area contributed by atoms with E-state index in [-0.39, 0.29) is 22.9 Å². The lowest BCUT2D eigenvalue weighted by molar-refractivity contribution is 0.0971. The van der Waals surface area contributed by atoms with Crippen molar-refractivity contribution in [1.82, 2.24) is 14.5 Å².